The van der Waals surface area contributed by atoms with Crippen LogP contribution in [0.4, 0.5) is 0 Å². The van der Waals surface area contributed by atoms with E-state index in [0.29, 0.717) is 5.92 Å². The van der Waals surface area contributed by atoms with E-state index in [-0.39, 0.29) is 11.2 Å². The molecule has 1 aliphatic heterocycles. The Labute approximate surface area is 131 Å². The third kappa shape index (κ3) is 8.50. The van der Waals surface area contributed by atoms with Crippen molar-refractivity contribution in [3.63, 3.8) is 0 Å². The SMILES string of the molecule is CCC(C)(S)OCCN1CCOC1C(C)C.CCCC. The van der Waals surface area contributed by atoms with Crippen LogP contribution in [0.25, 0.3) is 0 Å². The van der Waals surface area contributed by atoms with Crippen LogP contribution in [0, 0.1) is 5.92 Å². The van der Waals surface area contributed by atoms with E-state index in [1.54, 1.807) is 0 Å². The fraction of sp³-hybridized carbons (Fsp3) is 1.00. The van der Waals surface area contributed by atoms with E-state index in [4.69, 9.17) is 9.47 Å². The molecule has 0 saturated carbocycles. The molecule has 4 heteroatoms. The smallest absolute Gasteiger partial charge is 0.113 e. The second-order valence-corrected chi connectivity index (χ2v) is 6.86. The zero-order chi connectivity index (χ0) is 15.6. The lowest BCUT2D eigenvalue weighted by Gasteiger charge is -2.28. The molecule has 1 heterocycles. The second-order valence-electron chi connectivity index (χ2n) is 5.92. The molecule has 0 spiro atoms. The minimum atomic E-state index is -0.298. The number of thiol groups is 1. The lowest BCUT2D eigenvalue weighted by atomic mass is 10.2. The van der Waals surface area contributed by atoms with Gasteiger partial charge in [0.15, 0.2) is 0 Å². The third-order valence-corrected chi connectivity index (χ3v) is 3.99. The first-order valence-corrected chi connectivity index (χ1v) is 8.54. The Morgan fingerprint density at radius 3 is 2.35 bits per heavy atom. The molecule has 2 unspecified atom stereocenters. The normalized spacial score (nSPS) is 22.5. The predicted molar refractivity (Wildman–Crippen MR) is 90.4 cm³/mol. The summed E-state index contributed by atoms with van der Waals surface area (Å²) in [5.74, 6) is 0.538. The van der Waals surface area contributed by atoms with Gasteiger partial charge in [0.1, 0.15) is 11.2 Å². The van der Waals surface area contributed by atoms with Crippen molar-refractivity contribution in [3.8, 4) is 0 Å². The standard InChI is InChI=1S/C12H25NO2S.C4H10/c1-5-12(4,16)15-9-7-13-6-8-14-11(13)10(2)3;1-3-4-2/h10-11,16H,5-9H2,1-4H3;3-4H2,1-2H3. The maximum absolute atomic E-state index is 5.74. The van der Waals surface area contributed by atoms with Crippen LogP contribution in [0.5, 0.6) is 0 Å². The Hall–Kier alpha value is 0.230. The van der Waals surface area contributed by atoms with Gasteiger partial charge in [-0.05, 0) is 19.3 Å². The summed E-state index contributed by atoms with van der Waals surface area (Å²) in [6.45, 7) is 16.4. The molecule has 122 valence electrons. The second kappa shape index (κ2) is 10.9. The van der Waals surface area contributed by atoms with Crippen LogP contribution in [0.2, 0.25) is 0 Å². The summed E-state index contributed by atoms with van der Waals surface area (Å²) >= 11 is 4.45. The number of ether oxygens (including phenoxy) is 2. The van der Waals surface area contributed by atoms with Crippen molar-refractivity contribution in [2.45, 2.75) is 72.0 Å². The number of unbranched alkanes of at least 4 members (excludes halogenated alkanes) is 1. The molecule has 1 fully saturated rings. The average Bonchev–Trinajstić information content (AvgIpc) is 2.87. The van der Waals surface area contributed by atoms with Crippen molar-refractivity contribution in [2.24, 2.45) is 5.92 Å². The summed E-state index contributed by atoms with van der Waals surface area (Å²) in [5, 5.41) is 0. The Bertz CT molecular complexity index is 233. The maximum atomic E-state index is 5.74. The first-order chi connectivity index (χ1) is 9.37. The lowest BCUT2D eigenvalue weighted by molar-refractivity contribution is -0.0276. The van der Waals surface area contributed by atoms with Crippen LogP contribution in [0.15, 0.2) is 0 Å². The summed E-state index contributed by atoms with van der Waals surface area (Å²) in [5.41, 5.74) is 0. The molecule has 0 aromatic carbocycles. The molecule has 0 radical (unpaired) electrons. The molecule has 0 N–H and O–H groups in total. The van der Waals surface area contributed by atoms with Gasteiger partial charge in [-0.25, -0.2) is 0 Å². The molecular formula is C16H35NO2S. The van der Waals surface area contributed by atoms with Gasteiger partial charge in [0.25, 0.3) is 0 Å². The lowest BCUT2D eigenvalue weighted by Crippen LogP contribution is -2.37. The zero-order valence-electron chi connectivity index (χ0n) is 14.3. The Morgan fingerprint density at radius 1 is 1.30 bits per heavy atom. The first-order valence-electron chi connectivity index (χ1n) is 8.09. The van der Waals surface area contributed by atoms with Crippen LogP contribution in [0.3, 0.4) is 0 Å². The summed E-state index contributed by atoms with van der Waals surface area (Å²) in [6, 6.07) is 0. The third-order valence-electron chi connectivity index (χ3n) is 3.54. The quantitative estimate of drug-likeness (QED) is 0.563. The van der Waals surface area contributed by atoms with E-state index in [1.165, 1.54) is 12.8 Å². The Balaban J connectivity index is 0.000000796. The topological polar surface area (TPSA) is 21.7 Å². The maximum Gasteiger partial charge on any atom is 0.113 e. The molecule has 2 atom stereocenters. The first kappa shape index (κ1) is 20.2. The van der Waals surface area contributed by atoms with Crippen molar-refractivity contribution in [1.29, 1.82) is 0 Å². The summed E-state index contributed by atoms with van der Waals surface area (Å²) in [4.78, 5) is 2.05. The van der Waals surface area contributed by atoms with E-state index in [9.17, 15) is 0 Å². The van der Waals surface area contributed by atoms with Crippen molar-refractivity contribution >= 4 is 12.6 Å². The van der Waals surface area contributed by atoms with Gasteiger partial charge >= 0.3 is 0 Å². The fourth-order valence-electron chi connectivity index (χ4n) is 1.86. The Kier molecular flexibility index (Phi) is 11.0. The highest BCUT2D eigenvalue weighted by Crippen LogP contribution is 2.21. The van der Waals surface area contributed by atoms with Crippen LogP contribution in [-0.2, 0) is 9.47 Å². The Morgan fingerprint density at radius 2 is 1.90 bits per heavy atom. The van der Waals surface area contributed by atoms with Crippen LogP contribution in [-0.4, -0.2) is 42.4 Å². The van der Waals surface area contributed by atoms with Crippen molar-refractivity contribution in [3.05, 3.63) is 0 Å². The monoisotopic (exact) mass is 305 g/mol. The molecule has 0 aliphatic carbocycles. The highest BCUT2D eigenvalue weighted by molar-refractivity contribution is 7.81. The fourth-order valence-corrected chi connectivity index (χ4v) is 1.95. The van der Waals surface area contributed by atoms with E-state index < -0.39 is 0 Å². The number of hydrogen-bond donors (Lipinski definition) is 1. The average molecular weight is 306 g/mol. The van der Waals surface area contributed by atoms with E-state index >= 15 is 0 Å². The van der Waals surface area contributed by atoms with E-state index in [2.05, 4.69) is 52.1 Å². The number of hydrogen-bond acceptors (Lipinski definition) is 4. The van der Waals surface area contributed by atoms with Gasteiger partial charge in [0.2, 0.25) is 0 Å². The molecule has 1 aliphatic rings. The molecule has 1 saturated heterocycles. The van der Waals surface area contributed by atoms with Crippen LogP contribution < -0.4 is 0 Å². The van der Waals surface area contributed by atoms with Gasteiger partial charge in [0, 0.05) is 13.1 Å². The van der Waals surface area contributed by atoms with Gasteiger partial charge in [-0.15, -0.1) is 12.6 Å². The van der Waals surface area contributed by atoms with Crippen LogP contribution in [0.1, 0.15) is 60.8 Å². The zero-order valence-corrected chi connectivity index (χ0v) is 15.2. The van der Waals surface area contributed by atoms with Gasteiger partial charge in [-0.1, -0.05) is 47.5 Å². The minimum Gasteiger partial charge on any atom is -0.364 e. The molecule has 0 aromatic rings. The van der Waals surface area contributed by atoms with Crippen molar-refractivity contribution in [1.82, 2.24) is 4.90 Å². The summed E-state index contributed by atoms with van der Waals surface area (Å²) in [6.07, 6.45) is 3.82. The van der Waals surface area contributed by atoms with E-state index in [0.717, 1.165) is 32.7 Å². The van der Waals surface area contributed by atoms with Gasteiger partial charge in [-0.3, -0.25) is 4.90 Å². The largest absolute Gasteiger partial charge is 0.364 e. The summed E-state index contributed by atoms with van der Waals surface area (Å²) < 4.78 is 11.4. The molecule has 0 bridgehead atoms. The summed E-state index contributed by atoms with van der Waals surface area (Å²) in [7, 11) is 0. The molecule has 3 nitrogen and oxygen atoms in total. The number of rotatable bonds is 7. The molecular weight excluding hydrogens is 270 g/mol. The van der Waals surface area contributed by atoms with Crippen LogP contribution >= 0.6 is 12.6 Å². The van der Waals surface area contributed by atoms with Gasteiger partial charge < -0.3 is 9.47 Å². The highest BCUT2D eigenvalue weighted by Gasteiger charge is 2.28. The van der Waals surface area contributed by atoms with Gasteiger partial charge in [-0.2, -0.15) is 0 Å². The van der Waals surface area contributed by atoms with Crippen molar-refractivity contribution < 1.29 is 9.47 Å². The molecule has 20 heavy (non-hydrogen) atoms. The number of nitrogens with zero attached hydrogens (tertiary/aromatic N) is 1. The predicted octanol–water partition coefficient (Wildman–Crippen LogP) is 4.18. The highest BCUT2D eigenvalue weighted by atomic mass is 32.1. The van der Waals surface area contributed by atoms with Gasteiger partial charge in [0.05, 0.1) is 13.2 Å². The molecule has 1 rings (SSSR count). The minimum absolute atomic E-state index is 0.261. The van der Waals surface area contributed by atoms with Crippen molar-refractivity contribution in [2.75, 3.05) is 26.3 Å². The molecule has 0 amide bonds. The van der Waals surface area contributed by atoms with E-state index in [1.807, 2.05) is 6.92 Å². The molecule has 0 aromatic heterocycles.